The van der Waals surface area contributed by atoms with Crippen molar-refractivity contribution in [1.29, 1.82) is 0 Å². The second-order valence-electron chi connectivity index (χ2n) is 4.66. The zero-order valence-corrected chi connectivity index (χ0v) is 9.25. The highest BCUT2D eigenvalue weighted by Crippen LogP contribution is 2.22. The molecule has 0 rings (SSSR count). The minimum absolute atomic E-state index is 0.514. The van der Waals surface area contributed by atoms with Crippen LogP contribution in [0.2, 0.25) is 0 Å². The zero-order valence-electron chi connectivity index (χ0n) is 8.35. The Morgan fingerprint density at radius 1 is 1.18 bits per heavy atom. The summed E-state index contributed by atoms with van der Waals surface area (Å²) in [4.78, 5) is 0. The van der Waals surface area contributed by atoms with Gasteiger partial charge in [0.2, 0.25) is 0 Å². The Morgan fingerprint density at radius 3 is 2.09 bits per heavy atom. The molecule has 68 valence electrons. The van der Waals surface area contributed by atoms with E-state index in [0.29, 0.717) is 10.7 Å². The monoisotopic (exact) mass is 174 g/mol. The molecule has 0 N–H and O–H groups in total. The highest BCUT2D eigenvalue weighted by molar-refractivity contribution is 7.80. The van der Waals surface area contributed by atoms with E-state index in [1.165, 1.54) is 25.7 Å². The molecule has 1 atom stereocenters. The lowest BCUT2D eigenvalue weighted by atomic mass is 9.89. The molecule has 1 unspecified atom stereocenters. The molecule has 0 aliphatic rings. The molecule has 11 heavy (non-hydrogen) atoms. The van der Waals surface area contributed by atoms with Crippen LogP contribution in [0.1, 0.15) is 53.4 Å². The summed E-state index contributed by atoms with van der Waals surface area (Å²) in [6.45, 7) is 9.07. The average molecular weight is 174 g/mol. The standard InChI is InChI=1S/C10H22S/c1-9(11)7-5-6-8-10(2,3)4/h9,11H,5-8H2,1-4H3. The molecule has 0 aliphatic heterocycles. The molecule has 0 radical (unpaired) electrons. The van der Waals surface area contributed by atoms with E-state index in [-0.39, 0.29) is 0 Å². The van der Waals surface area contributed by atoms with Gasteiger partial charge in [0.05, 0.1) is 0 Å². The summed E-state index contributed by atoms with van der Waals surface area (Å²) in [5, 5.41) is 0.579. The van der Waals surface area contributed by atoms with E-state index in [0.717, 1.165) is 0 Å². The number of hydrogen-bond donors (Lipinski definition) is 1. The summed E-state index contributed by atoms with van der Waals surface area (Å²) in [5.74, 6) is 0. The molecule has 0 saturated heterocycles. The number of unbranched alkanes of at least 4 members (excludes halogenated alkanes) is 1. The minimum atomic E-state index is 0.514. The van der Waals surface area contributed by atoms with Crippen LogP contribution in [0.3, 0.4) is 0 Å². The molecule has 0 saturated carbocycles. The van der Waals surface area contributed by atoms with E-state index in [1.807, 2.05) is 0 Å². The zero-order chi connectivity index (χ0) is 8.91. The van der Waals surface area contributed by atoms with Gasteiger partial charge in [-0.15, -0.1) is 0 Å². The van der Waals surface area contributed by atoms with Crippen LogP contribution in [0.4, 0.5) is 0 Å². The van der Waals surface area contributed by atoms with Gasteiger partial charge in [-0.25, -0.2) is 0 Å². The fourth-order valence-corrected chi connectivity index (χ4v) is 1.28. The first kappa shape index (κ1) is 11.4. The van der Waals surface area contributed by atoms with Crippen molar-refractivity contribution >= 4 is 12.6 Å². The van der Waals surface area contributed by atoms with Gasteiger partial charge in [-0.3, -0.25) is 0 Å². The van der Waals surface area contributed by atoms with Crippen molar-refractivity contribution in [3.63, 3.8) is 0 Å². The van der Waals surface area contributed by atoms with Crippen LogP contribution in [0.25, 0.3) is 0 Å². The third kappa shape index (κ3) is 10.4. The predicted molar refractivity (Wildman–Crippen MR) is 56.4 cm³/mol. The van der Waals surface area contributed by atoms with Crippen molar-refractivity contribution in [3.05, 3.63) is 0 Å². The maximum Gasteiger partial charge on any atom is -0.00116 e. The number of rotatable bonds is 4. The first-order valence-corrected chi connectivity index (χ1v) is 5.11. The molecule has 0 aromatic heterocycles. The minimum Gasteiger partial charge on any atom is -0.176 e. The Kier molecular flexibility index (Phi) is 5.24. The van der Waals surface area contributed by atoms with Crippen LogP contribution >= 0.6 is 12.6 Å². The van der Waals surface area contributed by atoms with E-state index < -0.39 is 0 Å². The van der Waals surface area contributed by atoms with Crippen molar-refractivity contribution in [3.8, 4) is 0 Å². The summed E-state index contributed by atoms with van der Waals surface area (Å²) in [6.07, 6.45) is 5.29. The Balaban J connectivity index is 3.15. The topological polar surface area (TPSA) is 0 Å². The molecule has 0 nitrogen and oxygen atoms in total. The lowest BCUT2D eigenvalue weighted by Gasteiger charge is -2.17. The Hall–Kier alpha value is 0.350. The molecule has 0 aromatic carbocycles. The average Bonchev–Trinajstić information content (AvgIpc) is 1.78. The predicted octanol–water partition coefficient (Wildman–Crippen LogP) is 3.91. The normalized spacial score (nSPS) is 15.0. The largest absolute Gasteiger partial charge is 0.176 e. The highest BCUT2D eigenvalue weighted by Gasteiger charge is 2.08. The Morgan fingerprint density at radius 2 is 1.73 bits per heavy atom. The van der Waals surface area contributed by atoms with E-state index >= 15 is 0 Å². The van der Waals surface area contributed by atoms with Crippen molar-refractivity contribution < 1.29 is 0 Å². The van der Waals surface area contributed by atoms with Crippen LogP contribution in [0, 0.1) is 5.41 Å². The molecule has 0 bridgehead atoms. The van der Waals surface area contributed by atoms with E-state index in [9.17, 15) is 0 Å². The highest BCUT2D eigenvalue weighted by atomic mass is 32.1. The summed E-state index contributed by atoms with van der Waals surface area (Å²) in [6, 6.07) is 0. The van der Waals surface area contributed by atoms with Gasteiger partial charge in [-0.05, 0) is 23.5 Å². The van der Waals surface area contributed by atoms with Crippen molar-refractivity contribution in [2.45, 2.75) is 58.6 Å². The van der Waals surface area contributed by atoms with Crippen LogP contribution < -0.4 is 0 Å². The van der Waals surface area contributed by atoms with Crippen molar-refractivity contribution in [2.24, 2.45) is 5.41 Å². The molecular weight excluding hydrogens is 152 g/mol. The van der Waals surface area contributed by atoms with Gasteiger partial charge in [0.15, 0.2) is 0 Å². The summed E-state index contributed by atoms with van der Waals surface area (Å²) < 4.78 is 0. The van der Waals surface area contributed by atoms with Gasteiger partial charge in [0.1, 0.15) is 0 Å². The number of hydrogen-bond acceptors (Lipinski definition) is 1. The quantitative estimate of drug-likeness (QED) is 0.485. The summed E-state index contributed by atoms with van der Waals surface area (Å²) in [5.41, 5.74) is 0.514. The van der Waals surface area contributed by atoms with Gasteiger partial charge < -0.3 is 0 Å². The maximum atomic E-state index is 4.34. The van der Waals surface area contributed by atoms with Gasteiger partial charge >= 0.3 is 0 Å². The molecule has 0 spiro atoms. The van der Waals surface area contributed by atoms with E-state index in [1.54, 1.807) is 0 Å². The van der Waals surface area contributed by atoms with Crippen LogP contribution in [-0.4, -0.2) is 5.25 Å². The molecule has 0 heterocycles. The van der Waals surface area contributed by atoms with Crippen LogP contribution in [0.15, 0.2) is 0 Å². The fourth-order valence-electron chi connectivity index (χ4n) is 1.10. The van der Waals surface area contributed by atoms with Crippen LogP contribution in [-0.2, 0) is 0 Å². The molecule has 0 aliphatic carbocycles. The second-order valence-corrected chi connectivity index (χ2v) is 5.54. The van der Waals surface area contributed by atoms with Crippen molar-refractivity contribution in [1.82, 2.24) is 0 Å². The summed E-state index contributed by atoms with van der Waals surface area (Å²) >= 11 is 4.34. The lowest BCUT2D eigenvalue weighted by molar-refractivity contribution is 0.358. The van der Waals surface area contributed by atoms with Crippen molar-refractivity contribution in [2.75, 3.05) is 0 Å². The first-order valence-electron chi connectivity index (χ1n) is 4.60. The summed E-state index contributed by atoms with van der Waals surface area (Å²) in [7, 11) is 0. The smallest absolute Gasteiger partial charge is 0.00116 e. The number of thiol groups is 1. The molecule has 0 amide bonds. The molecule has 0 fully saturated rings. The SMILES string of the molecule is CC(S)CCCCC(C)(C)C. The molecule has 0 aromatic rings. The van der Waals surface area contributed by atoms with E-state index in [2.05, 4.69) is 40.3 Å². The van der Waals surface area contributed by atoms with Gasteiger partial charge in [0.25, 0.3) is 0 Å². The molecular formula is C10H22S. The van der Waals surface area contributed by atoms with Gasteiger partial charge in [0, 0.05) is 0 Å². The Labute approximate surface area is 77.2 Å². The third-order valence-electron chi connectivity index (χ3n) is 1.80. The van der Waals surface area contributed by atoms with Gasteiger partial charge in [-0.2, -0.15) is 12.6 Å². The van der Waals surface area contributed by atoms with Gasteiger partial charge in [-0.1, -0.05) is 40.5 Å². The first-order chi connectivity index (χ1) is 4.92. The maximum absolute atomic E-state index is 4.34. The Bertz CT molecular complexity index is 89.5. The fraction of sp³-hybridized carbons (Fsp3) is 1.00. The van der Waals surface area contributed by atoms with E-state index in [4.69, 9.17) is 0 Å². The van der Waals surface area contributed by atoms with Crippen LogP contribution in [0.5, 0.6) is 0 Å². The lowest BCUT2D eigenvalue weighted by Crippen LogP contribution is -2.04. The molecule has 1 heteroatoms. The second kappa shape index (κ2) is 5.08. The third-order valence-corrected chi connectivity index (χ3v) is 2.06.